The van der Waals surface area contributed by atoms with Gasteiger partial charge in [0.05, 0.1) is 5.69 Å². The van der Waals surface area contributed by atoms with E-state index in [9.17, 15) is 4.79 Å². The topological polar surface area (TPSA) is 49.6 Å². The lowest BCUT2D eigenvalue weighted by Gasteiger charge is -2.21. The zero-order valence-corrected chi connectivity index (χ0v) is 14.8. The summed E-state index contributed by atoms with van der Waals surface area (Å²) in [5.74, 6) is -0.0267. The standard InChI is InChI=1S/C19H28N4O/c1-22(2)14-16-18(21-17-12-8-9-13-23(16)17)19(24)20-15-10-6-4-3-5-7-11-15/h8-9,12-13,15H,3-7,10-11,14H2,1-2H3,(H,20,24). The van der Waals surface area contributed by atoms with Crippen LogP contribution in [0.1, 0.15) is 61.1 Å². The van der Waals surface area contributed by atoms with Crippen molar-refractivity contribution in [1.82, 2.24) is 19.6 Å². The van der Waals surface area contributed by atoms with Crippen molar-refractivity contribution < 1.29 is 4.79 Å². The van der Waals surface area contributed by atoms with Crippen molar-refractivity contribution in [3.05, 3.63) is 35.8 Å². The normalized spacial score (nSPS) is 17.0. The highest BCUT2D eigenvalue weighted by molar-refractivity contribution is 5.94. The van der Waals surface area contributed by atoms with Gasteiger partial charge >= 0.3 is 0 Å². The van der Waals surface area contributed by atoms with E-state index in [1.165, 1.54) is 32.1 Å². The number of hydrogen-bond donors (Lipinski definition) is 1. The Labute approximate surface area is 144 Å². The first kappa shape index (κ1) is 17.0. The number of carbonyl (C=O) groups is 1. The molecule has 0 bridgehead atoms. The number of nitrogens with zero attached hydrogens (tertiary/aromatic N) is 3. The summed E-state index contributed by atoms with van der Waals surface area (Å²) in [5.41, 5.74) is 2.35. The molecule has 0 aromatic carbocycles. The molecule has 3 rings (SSSR count). The molecular formula is C19H28N4O. The van der Waals surface area contributed by atoms with Crippen molar-refractivity contribution in [3.8, 4) is 0 Å². The number of nitrogens with one attached hydrogen (secondary N) is 1. The molecule has 2 aromatic heterocycles. The van der Waals surface area contributed by atoms with Gasteiger partial charge in [0.1, 0.15) is 5.65 Å². The Bertz CT molecular complexity index is 684. The van der Waals surface area contributed by atoms with Gasteiger partial charge in [-0.05, 0) is 39.1 Å². The highest BCUT2D eigenvalue weighted by Crippen LogP contribution is 2.19. The van der Waals surface area contributed by atoms with E-state index < -0.39 is 0 Å². The molecule has 1 fully saturated rings. The second-order valence-corrected chi connectivity index (χ2v) is 7.09. The number of rotatable bonds is 4. The highest BCUT2D eigenvalue weighted by atomic mass is 16.2. The van der Waals surface area contributed by atoms with Gasteiger partial charge in [0, 0.05) is 18.8 Å². The minimum atomic E-state index is -0.0267. The van der Waals surface area contributed by atoms with Gasteiger partial charge in [-0.2, -0.15) is 0 Å². The fraction of sp³-hybridized carbons (Fsp3) is 0.579. The fourth-order valence-corrected chi connectivity index (χ4v) is 3.53. The predicted molar refractivity (Wildman–Crippen MR) is 96.2 cm³/mol. The molecule has 1 N–H and O–H groups in total. The quantitative estimate of drug-likeness (QED) is 0.937. The van der Waals surface area contributed by atoms with Gasteiger partial charge in [0.25, 0.3) is 5.91 Å². The Kier molecular flexibility index (Phi) is 5.51. The van der Waals surface area contributed by atoms with Gasteiger partial charge < -0.3 is 14.6 Å². The van der Waals surface area contributed by atoms with E-state index in [-0.39, 0.29) is 11.9 Å². The number of amides is 1. The van der Waals surface area contributed by atoms with Crippen LogP contribution in [-0.4, -0.2) is 40.3 Å². The number of aromatic nitrogens is 2. The summed E-state index contributed by atoms with van der Waals surface area (Å²) in [4.78, 5) is 19.5. The molecule has 2 heterocycles. The number of imidazole rings is 1. The third kappa shape index (κ3) is 3.96. The van der Waals surface area contributed by atoms with Crippen LogP contribution in [-0.2, 0) is 6.54 Å². The van der Waals surface area contributed by atoms with Crippen molar-refractivity contribution >= 4 is 11.6 Å². The van der Waals surface area contributed by atoms with Gasteiger partial charge in [-0.15, -0.1) is 0 Å². The average Bonchev–Trinajstić information content (AvgIpc) is 2.88. The summed E-state index contributed by atoms with van der Waals surface area (Å²) in [6.07, 6.45) is 10.5. The van der Waals surface area contributed by atoms with Gasteiger partial charge in [0.2, 0.25) is 0 Å². The molecule has 1 amide bonds. The molecule has 24 heavy (non-hydrogen) atoms. The van der Waals surface area contributed by atoms with Crippen LogP contribution in [0.3, 0.4) is 0 Å². The summed E-state index contributed by atoms with van der Waals surface area (Å²) < 4.78 is 2.02. The Morgan fingerprint density at radius 3 is 2.62 bits per heavy atom. The zero-order chi connectivity index (χ0) is 16.9. The van der Waals surface area contributed by atoms with E-state index in [0.717, 1.165) is 24.2 Å². The molecule has 5 nitrogen and oxygen atoms in total. The highest BCUT2D eigenvalue weighted by Gasteiger charge is 2.22. The largest absolute Gasteiger partial charge is 0.348 e. The minimum Gasteiger partial charge on any atom is -0.348 e. The van der Waals surface area contributed by atoms with E-state index in [0.29, 0.717) is 12.2 Å². The molecule has 5 heteroatoms. The molecule has 0 unspecified atom stereocenters. The number of hydrogen-bond acceptors (Lipinski definition) is 3. The molecule has 2 aromatic rings. The maximum atomic E-state index is 12.9. The number of fused-ring (bicyclic) bond motifs is 1. The third-order valence-electron chi connectivity index (χ3n) is 4.75. The molecule has 0 aliphatic heterocycles. The molecule has 0 atom stereocenters. The summed E-state index contributed by atoms with van der Waals surface area (Å²) in [6, 6.07) is 6.17. The molecule has 0 spiro atoms. The van der Waals surface area contributed by atoms with E-state index in [2.05, 4.69) is 15.2 Å². The Morgan fingerprint density at radius 1 is 1.21 bits per heavy atom. The molecule has 0 saturated heterocycles. The Balaban J connectivity index is 1.82. The molecule has 1 aliphatic carbocycles. The lowest BCUT2D eigenvalue weighted by atomic mass is 9.96. The zero-order valence-electron chi connectivity index (χ0n) is 14.8. The van der Waals surface area contributed by atoms with Crippen molar-refractivity contribution in [1.29, 1.82) is 0 Å². The molecule has 0 radical (unpaired) electrons. The maximum Gasteiger partial charge on any atom is 0.272 e. The molecule has 130 valence electrons. The average molecular weight is 328 g/mol. The smallest absolute Gasteiger partial charge is 0.272 e. The molecular weight excluding hydrogens is 300 g/mol. The lowest BCUT2D eigenvalue weighted by Crippen LogP contribution is -2.36. The SMILES string of the molecule is CN(C)Cc1c(C(=O)NC2CCCCCCC2)nc2ccccn12. The van der Waals surface area contributed by atoms with E-state index in [1.54, 1.807) is 0 Å². The van der Waals surface area contributed by atoms with Crippen LogP contribution in [0.15, 0.2) is 24.4 Å². The van der Waals surface area contributed by atoms with Crippen LogP contribution in [0.2, 0.25) is 0 Å². The van der Waals surface area contributed by atoms with Gasteiger partial charge in [-0.3, -0.25) is 4.79 Å². The van der Waals surface area contributed by atoms with Crippen molar-refractivity contribution in [3.63, 3.8) is 0 Å². The van der Waals surface area contributed by atoms with Crippen LogP contribution < -0.4 is 5.32 Å². The first-order valence-electron chi connectivity index (χ1n) is 9.06. The summed E-state index contributed by atoms with van der Waals surface area (Å²) >= 11 is 0. The molecule has 1 saturated carbocycles. The fourth-order valence-electron chi connectivity index (χ4n) is 3.53. The second kappa shape index (κ2) is 7.79. The van der Waals surface area contributed by atoms with Crippen LogP contribution in [0.4, 0.5) is 0 Å². The van der Waals surface area contributed by atoms with Crippen LogP contribution in [0, 0.1) is 0 Å². The third-order valence-corrected chi connectivity index (χ3v) is 4.75. The number of carbonyl (C=O) groups excluding carboxylic acids is 1. The lowest BCUT2D eigenvalue weighted by molar-refractivity contribution is 0.0924. The van der Waals surface area contributed by atoms with Crippen molar-refractivity contribution in [2.45, 2.75) is 57.5 Å². The van der Waals surface area contributed by atoms with Gasteiger partial charge in [-0.25, -0.2) is 4.98 Å². The minimum absolute atomic E-state index is 0.0267. The van der Waals surface area contributed by atoms with Crippen LogP contribution in [0.5, 0.6) is 0 Å². The van der Waals surface area contributed by atoms with Crippen molar-refractivity contribution in [2.75, 3.05) is 14.1 Å². The van der Waals surface area contributed by atoms with Gasteiger partial charge in [-0.1, -0.05) is 38.2 Å². The summed E-state index contributed by atoms with van der Waals surface area (Å²) in [5, 5.41) is 3.24. The monoisotopic (exact) mass is 328 g/mol. The summed E-state index contributed by atoms with van der Waals surface area (Å²) in [7, 11) is 4.03. The van der Waals surface area contributed by atoms with Crippen molar-refractivity contribution in [2.24, 2.45) is 0 Å². The van der Waals surface area contributed by atoms with Crippen LogP contribution in [0.25, 0.3) is 5.65 Å². The van der Waals surface area contributed by atoms with E-state index in [1.807, 2.05) is 42.9 Å². The van der Waals surface area contributed by atoms with Gasteiger partial charge in [0.15, 0.2) is 5.69 Å². The predicted octanol–water partition coefficient (Wildman–Crippen LogP) is 3.24. The maximum absolute atomic E-state index is 12.9. The molecule has 1 aliphatic rings. The second-order valence-electron chi connectivity index (χ2n) is 7.09. The number of pyridine rings is 1. The first-order chi connectivity index (χ1) is 11.6. The first-order valence-corrected chi connectivity index (χ1v) is 9.06. The Morgan fingerprint density at radius 2 is 1.92 bits per heavy atom. The van der Waals surface area contributed by atoms with E-state index >= 15 is 0 Å². The van der Waals surface area contributed by atoms with E-state index in [4.69, 9.17) is 0 Å². The Hall–Kier alpha value is -1.88. The van der Waals surface area contributed by atoms with Crippen LogP contribution >= 0.6 is 0 Å². The summed E-state index contributed by atoms with van der Waals surface area (Å²) in [6.45, 7) is 0.693.